The number of methoxy groups -OCH3 is 1. The molecule has 1 rings (SSSR count). The molecule has 0 radical (unpaired) electrons. The lowest BCUT2D eigenvalue weighted by Crippen LogP contribution is -2.28. The summed E-state index contributed by atoms with van der Waals surface area (Å²) in [6.45, 7) is 9.63. The molecule has 3 nitrogen and oxygen atoms in total. The third-order valence-corrected chi connectivity index (χ3v) is 3.05. The Kier molecular flexibility index (Phi) is 4.00. The van der Waals surface area contributed by atoms with Crippen molar-refractivity contribution in [2.24, 2.45) is 4.99 Å². The first-order valence-corrected chi connectivity index (χ1v) is 5.36. The zero-order valence-electron chi connectivity index (χ0n) is 10.7. The first kappa shape index (κ1) is 13.4. The van der Waals surface area contributed by atoms with E-state index in [0.29, 0.717) is 5.57 Å². The van der Waals surface area contributed by atoms with Crippen molar-refractivity contribution in [2.75, 3.05) is 7.11 Å². The zero-order valence-corrected chi connectivity index (χ0v) is 10.7. The number of ether oxygens (including phenoxy) is 1. The molecule has 1 aromatic rings. The van der Waals surface area contributed by atoms with Crippen molar-refractivity contribution >= 4 is 6.08 Å². The van der Waals surface area contributed by atoms with Crippen molar-refractivity contribution in [3.8, 4) is 0 Å². The average Bonchev–Trinajstić information content (AvgIpc) is 2.30. The number of carbonyl (C=O) groups excluding carboxylic acids is 1. The lowest BCUT2D eigenvalue weighted by molar-refractivity contribution is 0.0263. The summed E-state index contributed by atoms with van der Waals surface area (Å²) in [4.78, 5) is 14.5. The number of hydrogen-bond acceptors (Lipinski definition) is 3. The molecule has 0 aromatic heterocycles. The number of nitrogens with zero attached hydrogens (tertiary/aromatic N) is 1. The van der Waals surface area contributed by atoms with E-state index in [-0.39, 0.29) is 0 Å². The molecule has 0 spiro atoms. The molecule has 0 heterocycles. The van der Waals surface area contributed by atoms with Crippen LogP contribution in [0.4, 0.5) is 0 Å². The first-order valence-electron chi connectivity index (χ1n) is 5.36. The Balaban J connectivity index is 3.57. The highest BCUT2D eigenvalue weighted by Gasteiger charge is 2.34. The molecule has 0 aliphatic carbocycles. The molecule has 0 N–H and O–H groups in total. The Labute approximate surface area is 102 Å². The van der Waals surface area contributed by atoms with E-state index in [9.17, 15) is 4.79 Å². The molecular formula is C14H17NO2. The fraction of sp³-hybridized carbons (Fsp3) is 0.357. The van der Waals surface area contributed by atoms with E-state index in [1.807, 2.05) is 32.0 Å². The van der Waals surface area contributed by atoms with Gasteiger partial charge < -0.3 is 4.74 Å². The third-order valence-electron chi connectivity index (χ3n) is 3.05. The van der Waals surface area contributed by atoms with Gasteiger partial charge in [0.2, 0.25) is 11.8 Å². The molecule has 0 aliphatic rings. The highest BCUT2D eigenvalue weighted by atomic mass is 16.5. The van der Waals surface area contributed by atoms with Crippen LogP contribution in [0.5, 0.6) is 0 Å². The van der Waals surface area contributed by atoms with Crippen LogP contribution < -0.4 is 0 Å². The maximum atomic E-state index is 10.6. The normalized spacial score (nSPS) is 13.6. The number of benzene rings is 1. The Bertz CT molecular complexity index is 483. The third kappa shape index (κ3) is 2.21. The van der Waals surface area contributed by atoms with Crippen LogP contribution in [-0.4, -0.2) is 13.2 Å². The standard InChI is InChI=1S/C14H17NO2/c1-10(2)14(17-5,15-9-16)13-8-6-7-11(3)12(13)4/h6-8H,1H2,2-5H3. The van der Waals surface area contributed by atoms with Crippen molar-refractivity contribution in [3.05, 3.63) is 47.0 Å². The predicted octanol–water partition coefficient (Wildman–Crippen LogP) is 3.01. The molecule has 0 amide bonds. The number of aliphatic imine (C=N–C) groups is 1. The van der Waals surface area contributed by atoms with Crippen molar-refractivity contribution in [3.63, 3.8) is 0 Å². The molecule has 0 fully saturated rings. The number of aryl methyl sites for hydroxylation is 1. The number of rotatable bonds is 4. The fourth-order valence-corrected chi connectivity index (χ4v) is 1.90. The van der Waals surface area contributed by atoms with Crippen LogP contribution in [0.15, 0.2) is 35.3 Å². The SMILES string of the molecule is C=C(C)C(N=C=O)(OC)c1cccc(C)c1C. The average molecular weight is 231 g/mol. The molecule has 1 unspecified atom stereocenters. The second-order valence-corrected chi connectivity index (χ2v) is 4.08. The Morgan fingerprint density at radius 1 is 1.47 bits per heavy atom. The molecular weight excluding hydrogens is 214 g/mol. The van der Waals surface area contributed by atoms with Gasteiger partial charge >= 0.3 is 0 Å². The van der Waals surface area contributed by atoms with Crippen LogP contribution in [0.3, 0.4) is 0 Å². The van der Waals surface area contributed by atoms with Crippen LogP contribution in [0.25, 0.3) is 0 Å². The smallest absolute Gasteiger partial charge is 0.238 e. The van der Waals surface area contributed by atoms with Crippen molar-refractivity contribution in [1.29, 1.82) is 0 Å². The Hall–Kier alpha value is -1.70. The second-order valence-electron chi connectivity index (χ2n) is 4.08. The summed E-state index contributed by atoms with van der Waals surface area (Å²) < 4.78 is 5.43. The van der Waals surface area contributed by atoms with Crippen LogP contribution >= 0.6 is 0 Å². The summed E-state index contributed by atoms with van der Waals surface area (Å²) in [5.41, 5.74) is 2.51. The molecule has 90 valence electrons. The minimum Gasteiger partial charge on any atom is -0.349 e. The summed E-state index contributed by atoms with van der Waals surface area (Å²) in [6, 6.07) is 5.80. The molecule has 0 bridgehead atoms. The van der Waals surface area contributed by atoms with Gasteiger partial charge in [0.1, 0.15) is 0 Å². The second kappa shape index (κ2) is 5.09. The van der Waals surface area contributed by atoms with Gasteiger partial charge in [-0.25, -0.2) is 4.79 Å². The molecule has 17 heavy (non-hydrogen) atoms. The van der Waals surface area contributed by atoms with Gasteiger partial charge in [-0.05, 0) is 37.5 Å². The van der Waals surface area contributed by atoms with E-state index in [1.165, 1.54) is 7.11 Å². The van der Waals surface area contributed by atoms with Gasteiger partial charge in [0.05, 0.1) is 0 Å². The first-order chi connectivity index (χ1) is 7.99. The monoisotopic (exact) mass is 231 g/mol. The predicted molar refractivity (Wildman–Crippen MR) is 67.5 cm³/mol. The zero-order chi connectivity index (χ0) is 13.1. The number of isocyanates is 1. The van der Waals surface area contributed by atoms with Gasteiger partial charge in [-0.15, -0.1) is 0 Å². The highest BCUT2D eigenvalue weighted by molar-refractivity contribution is 5.45. The minimum absolute atomic E-state index is 0.650. The summed E-state index contributed by atoms with van der Waals surface area (Å²) in [5, 5.41) is 0. The minimum atomic E-state index is -1.13. The van der Waals surface area contributed by atoms with Crippen LogP contribution in [-0.2, 0) is 15.3 Å². The summed E-state index contributed by atoms with van der Waals surface area (Å²) in [7, 11) is 1.51. The van der Waals surface area contributed by atoms with Gasteiger partial charge in [-0.2, -0.15) is 4.99 Å². The van der Waals surface area contributed by atoms with Crippen molar-refractivity contribution < 1.29 is 9.53 Å². The van der Waals surface area contributed by atoms with E-state index < -0.39 is 5.72 Å². The van der Waals surface area contributed by atoms with E-state index in [1.54, 1.807) is 13.0 Å². The topological polar surface area (TPSA) is 38.7 Å². The molecule has 0 saturated carbocycles. The summed E-state index contributed by atoms with van der Waals surface area (Å²) >= 11 is 0. The molecule has 0 aliphatic heterocycles. The van der Waals surface area contributed by atoms with E-state index >= 15 is 0 Å². The van der Waals surface area contributed by atoms with Crippen LogP contribution in [0, 0.1) is 13.8 Å². The molecule has 3 heteroatoms. The maximum Gasteiger partial charge on any atom is 0.238 e. The van der Waals surface area contributed by atoms with Crippen molar-refractivity contribution in [2.45, 2.75) is 26.5 Å². The quantitative estimate of drug-likeness (QED) is 0.454. The fourth-order valence-electron chi connectivity index (χ4n) is 1.90. The van der Waals surface area contributed by atoms with Crippen molar-refractivity contribution in [1.82, 2.24) is 0 Å². The molecule has 1 atom stereocenters. The van der Waals surface area contributed by atoms with E-state index in [2.05, 4.69) is 11.6 Å². The highest BCUT2D eigenvalue weighted by Crippen LogP contribution is 2.36. The maximum absolute atomic E-state index is 10.6. The van der Waals surface area contributed by atoms with Crippen LogP contribution in [0.2, 0.25) is 0 Å². The Morgan fingerprint density at radius 3 is 2.59 bits per heavy atom. The summed E-state index contributed by atoms with van der Waals surface area (Å²) in [5.74, 6) is 0. The molecule has 0 saturated heterocycles. The van der Waals surface area contributed by atoms with Crippen LogP contribution in [0.1, 0.15) is 23.6 Å². The largest absolute Gasteiger partial charge is 0.349 e. The lowest BCUT2D eigenvalue weighted by Gasteiger charge is -2.29. The van der Waals surface area contributed by atoms with Gasteiger partial charge in [0.25, 0.3) is 0 Å². The van der Waals surface area contributed by atoms with Gasteiger partial charge in [0.15, 0.2) is 0 Å². The summed E-state index contributed by atoms with van der Waals surface area (Å²) in [6.07, 6.45) is 1.58. The van der Waals surface area contributed by atoms with Gasteiger partial charge in [-0.3, -0.25) is 0 Å². The van der Waals surface area contributed by atoms with Gasteiger partial charge in [0, 0.05) is 12.7 Å². The van der Waals surface area contributed by atoms with E-state index in [0.717, 1.165) is 16.7 Å². The number of hydrogen-bond donors (Lipinski definition) is 0. The Morgan fingerprint density at radius 2 is 2.12 bits per heavy atom. The lowest BCUT2D eigenvalue weighted by atomic mass is 9.90. The van der Waals surface area contributed by atoms with E-state index in [4.69, 9.17) is 4.74 Å². The van der Waals surface area contributed by atoms with Gasteiger partial charge in [-0.1, -0.05) is 24.8 Å². The molecule has 1 aromatic carbocycles.